The van der Waals surface area contributed by atoms with Gasteiger partial charge in [0, 0.05) is 45.1 Å². The first kappa shape index (κ1) is 16.2. The van der Waals surface area contributed by atoms with E-state index in [1.807, 2.05) is 6.92 Å². The molecule has 1 aromatic rings. The van der Waals surface area contributed by atoms with Crippen LogP contribution in [0, 0.1) is 0 Å². The summed E-state index contributed by atoms with van der Waals surface area (Å²) >= 11 is 0. The van der Waals surface area contributed by atoms with Gasteiger partial charge in [0.25, 0.3) is 0 Å². The molecule has 2 heterocycles. The maximum absolute atomic E-state index is 12.7. The summed E-state index contributed by atoms with van der Waals surface area (Å²) < 4.78 is 32.1. The van der Waals surface area contributed by atoms with Crippen molar-refractivity contribution in [1.29, 1.82) is 0 Å². The molecule has 7 heteroatoms. The topological polar surface area (TPSA) is 71.5 Å². The van der Waals surface area contributed by atoms with Crippen LogP contribution >= 0.6 is 0 Å². The Bertz CT molecular complexity index is 556. The Morgan fingerprint density at radius 3 is 2.81 bits per heavy atom. The third kappa shape index (κ3) is 3.93. The molecule has 0 bridgehead atoms. The number of rotatable bonds is 6. The van der Waals surface area contributed by atoms with E-state index < -0.39 is 10.0 Å². The Hall–Kier alpha value is -1.18. The highest BCUT2D eigenvalue weighted by atomic mass is 32.2. The molecular formula is C14H23N3O3S. The normalized spacial score (nSPS) is 17.1. The van der Waals surface area contributed by atoms with Crippen molar-refractivity contribution in [2.24, 2.45) is 0 Å². The molecule has 0 spiro atoms. The van der Waals surface area contributed by atoms with Crippen molar-refractivity contribution in [1.82, 2.24) is 9.29 Å². The van der Waals surface area contributed by atoms with Crippen molar-refractivity contribution in [2.75, 3.05) is 32.1 Å². The Morgan fingerprint density at radius 2 is 2.14 bits per heavy atom. The van der Waals surface area contributed by atoms with E-state index >= 15 is 0 Å². The highest BCUT2D eigenvalue weighted by Crippen LogP contribution is 2.22. The smallest absolute Gasteiger partial charge is 0.243 e. The lowest BCUT2D eigenvalue weighted by molar-refractivity contribution is 0.0632. The molecule has 1 N–H and O–H groups in total. The molecule has 21 heavy (non-hydrogen) atoms. The molecule has 0 radical (unpaired) electrons. The van der Waals surface area contributed by atoms with Crippen LogP contribution < -0.4 is 5.32 Å². The highest BCUT2D eigenvalue weighted by molar-refractivity contribution is 7.89. The second-order valence-electron chi connectivity index (χ2n) is 5.17. The van der Waals surface area contributed by atoms with Gasteiger partial charge in [-0.1, -0.05) is 6.92 Å². The van der Waals surface area contributed by atoms with Gasteiger partial charge in [0.1, 0.15) is 5.82 Å². The summed E-state index contributed by atoms with van der Waals surface area (Å²) in [4.78, 5) is 4.43. The quantitative estimate of drug-likeness (QED) is 0.865. The second-order valence-corrected chi connectivity index (χ2v) is 7.17. The summed E-state index contributed by atoms with van der Waals surface area (Å²) in [6.07, 6.45) is 3.97. The number of sulfonamides is 1. The zero-order valence-corrected chi connectivity index (χ0v) is 13.4. The standard InChI is InChI=1S/C14H23N3O3S/c1-3-7-15-14-11-13(4-8-16-14)21(18,19)17(2)12-5-9-20-10-6-12/h4,8,11-12H,3,5-7,9-10H2,1-2H3,(H,15,16). The monoisotopic (exact) mass is 313 g/mol. The molecule has 0 atom stereocenters. The predicted octanol–water partition coefficient (Wildman–Crippen LogP) is 1.70. The Labute approximate surface area is 126 Å². The first-order valence-corrected chi connectivity index (χ1v) is 8.75. The molecule has 0 aliphatic carbocycles. The molecule has 1 aliphatic rings. The number of hydrogen-bond acceptors (Lipinski definition) is 5. The summed E-state index contributed by atoms with van der Waals surface area (Å²) in [7, 11) is -1.84. The minimum absolute atomic E-state index is 0.00367. The van der Waals surface area contributed by atoms with Crippen molar-refractivity contribution in [2.45, 2.75) is 37.1 Å². The van der Waals surface area contributed by atoms with Gasteiger partial charge in [-0.05, 0) is 25.3 Å². The maximum atomic E-state index is 12.7. The van der Waals surface area contributed by atoms with E-state index in [-0.39, 0.29) is 10.9 Å². The number of aromatic nitrogens is 1. The van der Waals surface area contributed by atoms with Gasteiger partial charge < -0.3 is 10.1 Å². The van der Waals surface area contributed by atoms with E-state index in [9.17, 15) is 8.42 Å². The van der Waals surface area contributed by atoms with E-state index in [0.717, 1.165) is 25.8 Å². The Kier molecular flexibility index (Phi) is 5.55. The van der Waals surface area contributed by atoms with Gasteiger partial charge in [-0.3, -0.25) is 0 Å². The molecule has 0 amide bonds. The van der Waals surface area contributed by atoms with Gasteiger partial charge in [0.15, 0.2) is 0 Å². The van der Waals surface area contributed by atoms with E-state index in [1.165, 1.54) is 10.5 Å². The van der Waals surface area contributed by atoms with E-state index in [1.54, 1.807) is 19.2 Å². The van der Waals surface area contributed by atoms with Crippen LogP contribution in [-0.4, -0.2) is 50.6 Å². The number of anilines is 1. The van der Waals surface area contributed by atoms with Crippen molar-refractivity contribution in [3.63, 3.8) is 0 Å². The third-order valence-corrected chi connectivity index (χ3v) is 5.58. The molecule has 0 saturated carbocycles. The number of nitrogens with zero attached hydrogens (tertiary/aromatic N) is 2. The van der Waals surface area contributed by atoms with E-state index in [4.69, 9.17) is 4.74 Å². The molecule has 0 unspecified atom stereocenters. The average molecular weight is 313 g/mol. The minimum atomic E-state index is -3.49. The summed E-state index contributed by atoms with van der Waals surface area (Å²) in [5.41, 5.74) is 0. The van der Waals surface area contributed by atoms with Crippen molar-refractivity contribution < 1.29 is 13.2 Å². The lowest BCUT2D eigenvalue weighted by Crippen LogP contribution is -2.40. The minimum Gasteiger partial charge on any atom is -0.381 e. The van der Waals surface area contributed by atoms with Gasteiger partial charge in [-0.2, -0.15) is 4.31 Å². The van der Waals surface area contributed by atoms with Crippen LogP contribution in [0.1, 0.15) is 26.2 Å². The predicted molar refractivity (Wildman–Crippen MR) is 81.8 cm³/mol. The number of hydrogen-bond donors (Lipinski definition) is 1. The zero-order chi connectivity index (χ0) is 15.3. The lowest BCUT2D eigenvalue weighted by atomic mass is 10.1. The molecule has 1 aromatic heterocycles. The number of nitrogens with one attached hydrogen (secondary N) is 1. The van der Waals surface area contributed by atoms with Gasteiger partial charge in [-0.15, -0.1) is 0 Å². The molecule has 1 saturated heterocycles. The fourth-order valence-electron chi connectivity index (χ4n) is 2.33. The molecule has 2 rings (SSSR count). The van der Waals surface area contributed by atoms with Gasteiger partial charge >= 0.3 is 0 Å². The third-order valence-electron chi connectivity index (χ3n) is 3.67. The van der Waals surface area contributed by atoms with Crippen LogP contribution in [-0.2, 0) is 14.8 Å². The molecule has 118 valence electrons. The van der Waals surface area contributed by atoms with Crippen LogP contribution in [0.25, 0.3) is 0 Å². The molecule has 1 fully saturated rings. The molecule has 1 aliphatic heterocycles. The SMILES string of the molecule is CCCNc1cc(S(=O)(=O)N(C)C2CCOCC2)ccn1. The highest BCUT2D eigenvalue weighted by Gasteiger charge is 2.29. The fourth-order valence-corrected chi connectivity index (χ4v) is 3.76. The van der Waals surface area contributed by atoms with Gasteiger partial charge in [0.2, 0.25) is 10.0 Å². The van der Waals surface area contributed by atoms with Crippen molar-refractivity contribution in [3.8, 4) is 0 Å². The summed E-state index contributed by atoms with van der Waals surface area (Å²) in [6, 6.07) is 3.15. The van der Waals surface area contributed by atoms with Crippen LogP contribution in [0.5, 0.6) is 0 Å². The van der Waals surface area contributed by atoms with Crippen molar-refractivity contribution in [3.05, 3.63) is 18.3 Å². The molecule has 6 nitrogen and oxygen atoms in total. The maximum Gasteiger partial charge on any atom is 0.243 e. The lowest BCUT2D eigenvalue weighted by Gasteiger charge is -2.30. The Morgan fingerprint density at radius 1 is 1.43 bits per heavy atom. The van der Waals surface area contributed by atoms with Crippen LogP contribution in [0.15, 0.2) is 23.2 Å². The van der Waals surface area contributed by atoms with Crippen LogP contribution in [0.4, 0.5) is 5.82 Å². The zero-order valence-electron chi connectivity index (χ0n) is 12.6. The molecule has 0 aromatic carbocycles. The average Bonchev–Trinajstić information content (AvgIpc) is 2.53. The first-order valence-electron chi connectivity index (χ1n) is 7.31. The number of pyridine rings is 1. The summed E-state index contributed by atoms with van der Waals surface area (Å²) in [6.45, 7) is 4.05. The van der Waals surface area contributed by atoms with E-state index in [2.05, 4.69) is 10.3 Å². The summed E-state index contributed by atoms with van der Waals surface area (Å²) in [5.74, 6) is 0.596. The molecular weight excluding hydrogens is 290 g/mol. The summed E-state index contributed by atoms with van der Waals surface area (Å²) in [5, 5.41) is 3.11. The fraction of sp³-hybridized carbons (Fsp3) is 0.643. The second kappa shape index (κ2) is 7.20. The van der Waals surface area contributed by atoms with Crippen LogP contribution in [0.3, 0.4) is 0 Å². The first-order chi connectivity index (χ1) is 10.1. The van der Waals surface area contributed by atoms with Gasteiger partial charge in [0.05, 0.1) is 4.90 Å². The van der Waals surface area contributed by atoms with Crippen molar-refractivity contribution >= 4 is 15.8 Å². The van der Waals surface area contributed by atoms with E-state index in [0.29, 0.717) is 19.0 Å². The van der Waals surface area contributed by atoms with Crippen LogP contribution in [0.2, 0.25) is 0 Å². The largest absolute Gasteiger partial charge is 0.381 e. The number of ether oxygens (including phenoxy) is 1. The Balaban J connectivity index is 2.17. The van der Waals surface area contributed by atoms with Gasteiger partial charge in [-0.25, -0.2) is 13.4 Å².